The van der Waals surface area contributed by atoms with Gasteiger partial charge >= 0.3 is 0 Å². The Labute approximate surface area is 206 Å². The van der Waals surface area contributed by atoms with Crippen LogP contribution in [0, 0.1) is 24.4 Å². The lowest BCUT2D eigenvalue weighted by Crippen LogP contribution is -2.52. The van der Waals surface area contributed by atoms with Crippen molar-refractivity contribution < 1.29 is 27.8 Å². The van der Waals surface area contributed by atoms with Crippen LogP contribution in [0.3, 0.4) is 0 Å². The van der Waals surface area contributed by atoms with Crippen molar-refractivity contribution in [3.63, 3.8) is 0 Å². The van der Waals surface area contributed by atoms with Crippen LogP contribution in [0.5, 0.6) is 5.75 Å². The minimum atomic E-state index is -1.56. The lowest BCUT2D eigenvalue weighted by Gasteiger charge is -2.47. The fourth-order valence-electron chi connectivity index (χ4n) is 5.26. The topological polar surface area (TPSA) is 67.6 Å². The number of methoxy groups -OCH3 is 1. The number of benzene rings is 2. The van der Waals surface area contributed by atoms with Crippen molar-refractivity contribution in [2.24, 2.45) is 0 Å². The van der Waals surface area contributed by atoms with Gasteiger partial charge in [-0.25, -0.2) is 18.2 Å². The first-order valence-corrected chi connectivity index (χ1v) is 11.8. The molecule has 36 heavy (non-hydrogen) atoms. The van der Waals surface area contributed by atoms with Gasteiger partial charge in [0, 0.05) is 17.8 Å². The molecule has 2 aromatic carbocycles. The number of aliphatic hydroxyl groups excluding tert-OH is 1. The standard InChI is InChI=1S/C27H26F3N3O3/c1-15-13-32(14-31-15)23-6-3-16(8-25(23)36-2)7-17-4-5-19-11-20(34)12-24(33(19)27(17)35)18-9-21(28)26(30)22(29)10-18/h3,6-10,13-14,19-20,24,34H,4-5,11-12H2,1-2H3/t19-,20-,24-/m0/s1. The van der Waals surface area contributed by atoms with Gasteiger partial charge in [0.1, 0.15) is 5.75 Å². The summed E-state index contributed by atoms with van der Waals surface area (Å²) in [5.41, 5.74) is 3.12. The average Bonchev–Trinajstić information content (AvgIpc) is 3.29. The van der Waals surface area contributed by atoms with Crippen molar-refractivity contribution in [1.82, 2.24) is 14.5 Å². The average molecular weight is 498 g/mol. The molecule has 1 aromatic heterocycles. The van der Waals surface area contributed by atoms with Crippen molar-refractivity contribution in [3.05, 3.63) is 82.7 Å². The van der Waals surface area contributed by atoms with Crippen LogP contribution in [-0.2, 0) is 4.79 Å². The zero-order valence-electron chi connectivity index (χ0n) is 19.9. The van der Waals surface area contributed by atoms with Gasteiger partial charge in [-0.15, -0.1) is 0 Å². The number of nitrogens with zero attached hydrogens (tertiary/aromatic N) is 3. The van der Waals surface area contributed by atoms with Crippen molar-refractivity contribution >= 4 is 12.0 Å². The number of amides is 1. The van der Waals surface area contributed by atoms with E-state index >= 15 is 0 Å². The zero-order chi connectivity index (χ0) is 25.6. The van der Waals surface area contributed by atoms with Gasteiger partial charge in [-0.1, -0.05) is 6.07 Å². The van der Waals surface area contributed by atoms with Crippen molar-refractivity contribution in [2.45, 2.75) is 50.8 Å². The van der Waals surface area contributed by atoms with Crippen molar-refractivity contribution in [3.8, 4) is 11.4 Å². The lowest BCUT2D eigenvalue weighted by molar-refractivity contribution is -0.139. The molecular formula is C27H26F3N3O3. The van der Waals surface area contributed by atoms with Crippen LogP contribution in [0.15, 0.2) is 48.4 Å². The first kappa shape index (κ1) is 24.1. The van der Waals surface area contributed by atoms with Gasteiger partial charge in [-0.3, -0.25) is 4.79 Å². The van der Waals surface area contributed by atoms with Gasteiger partial charge in [-0.2, -0.15) is 0 Å². The molecule has 2 fully saturated rings. The highest BCUT2D eigenvalue weighted by atomic mass is 19.2. The fourth-order valence-corrected chi connectivity index (χ4v) is 5.26. The van der Waals surface area contributed by atoms with Gasteiger partial charge in [0.2, 0.25) is 0 Å². The van der Waals surface area contributed by atoms with Gasteiger partial charge in [0.25, 0.3) is 5.91 Å². The molecular weight excluding hydrogens is 471 g/mol. The second kappa shape index (κ2) is 9.46. The number of hydrogen-bond acceptors (Lipinski definition) is 4. The van der Waals surface area contributed by atoms with Gasteiger partial charge < -0.3 is 19.3 Å². The van der Waals surface area contributed by atoms with Crippen LogP contribution in [0.25, 0.3) is 11.8 Å². The predicted octanol–water partition coefficient (Wildman–Crippen LogP) is 4.88. The quantitative estimate of drug-likeness (QED) is 0.412. The molecule has 1 amide bonds. The van der Waals surface area contributed by atoms with Crippen LogP contribution >= 0.6 is 0 Å². The molecule has 0 bridgehead atoms. The molecule has 0 unspecified atom stereocenters. The van der Waals surface area contributed by atoms with E-state index < -0.39 is 29.6 Å². The second-order valence-corrected chi connectivity index (χ2v) is 9.37. The number of carbonyl (C=O) groups excluding carboxylic acids is 1. The Morgan fingerprint density at radius 2 is 1.89 bits per heavy atom. The van der Waals surface area contributed by atoms with Crippen LogP contribution in [0.4, 0.5) is 13.2 Å². The van der Waals surface area contributed by atoms with E-state index in [0.717, 1.165) is 29.1 Å². The molecule has 1 N–H and O–H groups in total. The minimum absolute atomic E-state index is 0.118. The Morgan fingerprint density at radius 3 is 2.56 bits per heavy atom. The maximum absolute atomic E-state index is 14.0. The molecule has 3 aromatic rings. The third-order valence-electron chi connectivity index (χ3n) is 6.95. The van der Waals surface area contributed by atoms with E-state index in [1.165, 1.54) is 0 Å². The molecule has 0 aliphatic carbocycles. The summed E-state index contributed by atoms with van der Waals surface area (Å²) in [6.07, 6.45) is 6.24. The van der Waals surface area contributed by atoms with Crippen LogP contribution in [-0.4, -0.2) is 44.7 Å². The number of carbonyl (C=O) groups is 1. The summed E-state index contributed by atoms with van der Waals surface area (Å²) in [7, 11) is 1.57. The highest BCUT2D eigenvalue weighted by molar-refractivity contribution is 5.99. The number of imidazole rings is 1. The number of aliphatic hydroxyl groups is 1. The number of piperidine rings is 2. The zero-order valence-corrected chi connectivity index (χ0v) is 19.9. The molecule has 9 heteroatoms. The van der Waals surface area contributed by atoms with Gasteiger partial charge in [0.05, 0.1) is 37.0 Å². The van der Waals surface area contributed by atoms with Crippen LogP contribution in [0.1, 0.15) is 48.5 Å². The summed E-state index contributed by atoms with van der Waals surface area (Å²) in [4.78, 5) is 19.4. The fraction of sp³-hybridized carbons (Fsp3) is 0.333. The van der Waals surface area contributed by atoms with E-state index in [1.807, 2.05) is 35.9 Å². The van der Waals surface area contributed by atoms with E-state index in [0.29, 0.717) is 30.6 Å². The number of ether oxygens (including phenoxy) is 1. The highest BCUT2D eigenvalue weighted by Gasteiger charge is 2.42. The maximum atomic E-state index is 14.0. The minimum Gasteiger partial charge on any atom is -0.495 e. The molecule has 6 nitrogen and oxygen atoms in total. The molecule has 0 saturated carbocycles. The molecule has 3 heterocycles. The molecule has 0 spiro atoms. The third-order valence-corrected chi connectivity index (χ3v) is 6.95. The molecule has 188 valence electrons. The normalized spacial score (nSPS) is 23.2. The lowest BCUT2D eigenvalue weighted by atomic mass is 9.82. The highest BCUT2D eigenvalue weighted by Crippen LogP contribution is 2.41. The van der Waals surface area contributed by atoms with E-state index in [9.17, 15) is 23.1 Å². The maximum Gasteiger partial charge on any atom is 0.250 e. The Bertz CT molecular complexity index is 1330. The van der Waals surface area contributed by atoms with E-state index in [4.69, 9.17) is 4.74 Å². The number of fused-ring (bicyclic) bond motifs is 1. The molecule has 0 radical (unpaired) electrons. The Balaban J connectivity index is 1.47. The molecule has 2 aliphatic heterocycles. The first-order valence-electron chi connectivity index (χ1n) is 11.8. The molecule has 5 rings (SSSR count). The number of hydrogen-bond donors (Lipinski definition) is 1. The predicted molar refractivity (Wildman–Crippen MR) is 127 cm³/mol. The van der Waals surface area contributed by atoms with Crippen LogP contribution < -0.4 is 4.74 Å². The van der Waals surface area contributed by atoms with Crippen molar-refractivity contribution in [1.29, 1.82) is 0 Å². The Kier molecular flexibility index (Phi) is 6.34. The van der Waals surface area contributed by atoms with Crippen LogP contribution in [0.2, 0.25) is 0 Å². The van der Waals surface area contributed by atoms with Gasteiger partial charge in [-0.05, 0) is 74.1 Å². The van der Waals surface area contributed by atoms with E-state index in [2.05, 4.69) is 4.98 Å². The summed E-state index contributed by atoms with van der Waals surface area (Å²) in [5, 5.41) is 10.4. The van der Waals surface area contributed by atoms with Gasteiger partial charge in [0.15, 0.2) is 17.5 Å². The smallest absolute Gasteiger partial charge is 0.250 e. The SMILES string of the molecule is COc1cc(C=C2CC[C@H]3C[C@H](O)C[C@@H](c4cc(F)c(F)c(F)c4)N3C2=O)ccc1-n1cnc(C)c1. The number of halogens is 3. The summed E-state index contributed by atoms with van der Waals surface area (Å²) in [6.45, 7) is 1.89. The van der Waals surface area contributed by atoms with E-state index in [-0.39, 0.29) is 23.9 Å². The summed E-state index contributed by atoms with van der Waals surface area (Å²) >= 11 is 0. The molecule has 2 aliphatic rings. The summed E-state index contributed by atoms with van der Waals surface area (Å²) in [5.74, 6) is -3.84. The molecule has 2 saturated heterocycles. The first-order chi connectivity index (χ1) is 17.2. The second-order valence-electron chi connectivity index (χ2n) is 9.37. The Morgan fingerprint density at radius 1 is 1.14 bits per heavy atom. The van der Waals surface area contributed by atoms with E-state index in [1.54, 1.807) is 24.4 Å². The number of rotatable bonds is 4. The largest absolute Gasteiger partial charge is 0.495 e. The Hall–Kier alpha value is -3.59. The summed E-state index contributed by atoms with van der Waals surface area (Å²) in [6, 6.07) is 6.37. The molecule has 3 atom stereocenters. The summed E-state index contributed by atoms with van der Waals surface area (Å²) < 4.78 is 49.0. The number of aromatic nitrogens is 2. The monoisotopic (exact) mass is 497 g/mol. The third kappa shape index (κ3) is 4.39. The number of aryl methyl sites for hydroxylation is 1. The van der Waals surface area contributed by atoms with Crippen molar-refractivity contribution in [2.75, 3.05) is 7.11 Å².